The maximum absolute atomic E-state index is 11.3. The van der Waals surface area contributed by atoms with Crippen molar-refractivity contribution in [2.45, 2.75) is 58.3 Å². The van der Waals surface area contributed by atoms with E-state index < -0.39 is 0 Å². The first-order valence-electron chi connectivity index (χ1n) is 7.03. The van der Waals surface area contributed by atoms with Gasteiger partial charge < -0.3 is 15.4 Å². The Hall–Kier alpha value is -1.39. The van der Waals surface area contributed by atoms with Crippen LogP contribution in [0.2, 0.25) is 0 Å². The molecule has 2 N–H and O–H groups in total. The van der Waals surface area contributed by atoms with Gasteiger partial charge in [0.05, 0.1) is 6.54 Å². The number of hydrogen-bond donors (Lipinski definition) is 2. The molecule has 0 aliphatic carbocycles. The number of likely N-dealkylation sites (N-methyl/N-ethyl adjacent to an activating group) is 1. The maximum atomic E-state index is 11.3. The third-order valence-corrected chi connectivity index (χ3v) is 2.91. The minimum atomic E-state index is -0.182. The molecule has 0 spiro atoms. The van der Waals surface area contributed by atoms with Gasteiger partial charge in [0.25, 0.3) is 0 Å². The Morgan fingerprint density at radius 1 is 0.789 bits per heavy atom. The van der Waals surface area contributed by atoms with Crippen molar-refractivity contribution >= 4 is 17.6 Å². The predicted octanol–water partition coefficient (Wildman–Crippen LogP) is 1.56. The highest BCUT2D eigenvalue weighted by Crippen LogP contribution is 2.08. The lowest BCUT2D eigenvalue weighted by molar-refractivity contribution is -0.125. The highest BCUT2D eigenvalue weighted by atomic mass is 16.2. The van der Waals surface area contributed by atoms with Gasteiger partial charge >= 0.3 is 0 Å². The molecule has 0 unspecified atom stereocenters. The lowest BCUT2D eigenvalue weighted by Crippen LogP contribution is -2.34. The Morgan fingerprint density at radius 2 is 1.32 bits per heavy atom. The van der Waals surface area contributed by atoms with Crippen molar-refractivity contribution < 1.29 is 14.4 Å². The zero-order chi connectivity index (χ0) is 14.5. The number of hydrogen-bond acceptors (Lipinski definition) is 3. The van der Waals surface area contributed by atoms with Gasteiger partial charge in [-0.05, 0) is 19.8 Å². The monoisotopic (exact) mass is 270 g/mol. The second-order valence-electron chi connectivity index (χ2n) is 4.77. The number of rotatable bonds is 11. The van der Waals surface area contributed by atoms with E-state index in [0.29, 0.717) is 12.8 Å². The largest absolute Gasteiger partial charge is 0.358 e. The van der Waals surface area contributed by atoms with E-state index in [9.17, 15) is 14.4 Å². The van der Waals surface area contributed by atoms with Crippen LogP contribution in [0.4, 0.5) is 0 Å². The number of unbranched alkanes of at least 4 members (excludes halogenated alkanes) is 5. The molecular weight excluding hydrogens is 244 g/mol. The zero-order valence-electron chi connectivity index (χ0n) is 12.1. The summed E-state index contributed by atoms with van der Waals surface area (Å²) in [6.45, 7) is 1.68. The summed E-state index contributed by atoms with van der Waals surface area (Å²) in [5, 5.41) is 5.02. The number of amides is 2. The van der Waals surface area contributed by atoms with E-state index in [1.165, 1.54) is 0 Å². The highest BCUT2D eigenvalue weighted by molar-refractivity contribution is 5.84. The molecule has 0 aromatic carbocycles. The summed E-state index contributed by atoms with van der Waals surface area (Å²) in [6.07, 6.45) is 7.31. The summed E-state index contributed by atoms with van der Waals surface area (Å²) in [7, 11) is 1.54. The third-order valence-electron chi connectivity index (χ3n) is 2.91. The summed E-state index contributed by atoms with van der Waals surface area (Å²) in [5.41, 5.74) is 0. The van der Waals surface area contributed by atoms with Gasteiger partial charge in [-0.25, -0.2) is 0 Å². The van der Waals surface area contributed by atoms with Gasteiger partial charge in [-0.1, -0.05) is 25.7 Å². The van der Waals surface area contributed by atoms with E-state index in [1.54, 1.807) is 14.0 Å². The molecule has 0 saturated carbocycles. The molecule has 0 bridgehead atoms. The van der Waals surface area contributed by atoms with Crippen molar-refractivity contribution in [2.24, 2.45) is 0 Å². The molecule has 0 aliphatic rings. The van der Waals surface area contributed by atoms with Crippen molar-refractivity contribution in [3.05, 3.63) is 0 Å². The minimum Gasteiger partial charge on any atom is -0.358 e. The molecule has 0 rings (SSSR count). The average Bonchev–Trinajstić information content (AvgIpc) is 2.38. The molecule has 0 fully saturated rings. The first-order chi connectivity index (χ1) is 9.06. The lowest BCUT2D eigenvalue weighted by Gasteiger charge is -2.04. The Morgan fingerprint density at radius 3 is 1.84 bits per heavy atom. The number of carbonyl (C=O) groups is 3. The Balaban J connectivity index is 3.27. The van der Waals surface area contributed by atoms with Gasteiger partial charge in [-0.15, -0.1) is 0 Å². The molecule has 0 aromatic heterocycles. The Bertz CT molecular complexity index is 290. The van der Waals surface area contributed by atoms with Crippen LogP contribution in [0.3, 0.4) is 0 Å². The SMILES string of the molecule is CNC(=O)CNC(=O)CCCCCCCCC(C)=O. The molecule has 0 radical (unpaired) electrons. The molecule has 0 heterocycles. The van der Waals surface area contributed by atoms with E-state index >= 15 is 0 Å². The van der Waals surface area contributed by atoms with Gasteiger partial charge in [0.2, 0.25) is 11.8 Å². The second kappa shape index (κ2) is 11.7. The van der Waals surface area contributed by atoms with Crippen molar-refractivity contribution in [2.75, 3.05) is 13.6 Å². The molecule has 0 aliphatic heterocycles. The molecule has 0 aromatic rings. The van der Waals surface area contributed by atoms with Crippen LogP contribution >= 0.6 is 0 Å². The normalized spacial score (nSPS) is 10.0. The summed E-state index contributed by atoms with van der Waals surface area (Å²) < 4.78 is 0. The maximum Gasteiger partial charge on any atom is 0.239 e. The zero-order valence-corrected chi connectivity index (χ0v) is 12.1. The van der Waals surface area contributed by atoms with Crippen molar-refractivity contribution in [3.63, 3.8) is 0 Å². The van der Waals surface area contributed by atoms with Crippen LogP contribution in [0.25, 0.3) is 0 Å². The highest BCUT2D eigenvalue weighted by Gasteiger charge is 2.03. The molecular formula is C14H26N2O3. The van der Waals surface area contributed by atoms with Gasteiger partial charge in [-0.2, -0.15) is 0 Å². The summed E-state index contributed by atoms with van der Waals surface area (Å²) in [5.74, 6) is 0.00629. The van der Waals surface area contributed by atoms with Crippen LogP contribution in [0, 0.1) is 0 Å². The lowest BCUT2D eigenvalue weighted by atomic mass is 10.1. The van der Waals surface area contributed by atoms with Crippen molar-refractivity contribution in [1.82, 2.24) is 10.6 Å². The predicted molar refractivity (Wildman–Crippen MR) is 74.7 cm³/mol. The molecule has 0 saturated heterocycles. The van der Waals surface area contributed by atoms with Gasteiger partial charge in [-0.3, -0.25) is 9.59 Å². The van der Waals surface area contributed by atoms with Crippen molar-refractivity contribution in [3.8, 4) is 0 Å². The van der Waals surface area contributed by atoms with E-state index in [4.69, 9.17) is 0 Å². The number of Topliss-reactive ketones (excluding diaryl/α,β-unsaturated/α-hetero) is 1. The molecule has 5 nitrogen and oxygen atoms in total. The summed E-state index contributed by atoms with van der Waals surface area (Å²) in [4.78, 5) is 32.9. The quantitative estimate of drug-likeness (QED) is 0.559. The fourth-order valence-corrected chi connectivity index (χ4v) is 1.72. The standard InChI is InChI=1S/C14H26N2O3/c1-12(17)9-7-5-3-4-6-8-10-13(18)16-11-14(19)15-2/h3-11H2,1-2H3,(H,15,19)(H,16,18). The van der Waals surface area contributed by atoms with E-state index in [1.807, 2.05) is 0 Å². The smallest absolute Gasteiger partial charge is 0.239 e. The van der Waals surface area contributed by atoms with Crippen LogP contribution in [0.5, 0.6) is 0 Å². The van der Waals surface area contributed by atoms with Crippen molar-refractivity contribution in [1.29, 1.82) is 0 Å². The van der Waals surface area contributed by atoms with Crippen LogP contribution in [0.15, 0.2) is 0 Å². The number of carbonyl (C=O) groups excluding carboxylic acids is 3. The van der Waals surface area contributed by atoms with Gasteiger partial charge in [0.1, 0.15) is 5.78 Å². The fourth-order valence-electron chi connectivity index (χ4n) is 1.72. The van der Waals surface area contributed by atoms with Crippen LogP contribution in [-0.2, 0) is 14.4 Å². The summed E-state index contributed by atoms with van der Waals surface area (Å²) >= 11 is 0. The molecule has 5 heteroatoms. The van der Waals surface area contributed by atoms with E-state index in [0.717, 1.165) is 38.5 Å². The molecule has 110 valence electrons. The Labute approximate surface area is 115 Å². The Kier molecular flexibility index (Phi) is 10.8. The van der Waals surface area contributed by atoms with E-state index in [-0.39, 0.29) is 24.1 Å². The van der Waals surface area contributed by atoms with E-state index in [2.05, 4.69) is 10.6 Å². The van der Waals surface area contributed by atoms with Crippen LogP contribution in [-0.4, -0.2) is 31.2 Å². The number of nitrogens with one attached hydrogen (secondary N) is 2. The fraction of sp³-hybridized carbons (Fsp3) is 0.786. The molecule has 19 heavy (non-hydrogen) atoms. The first-order valence-corrected chi connectivity index (χ1v) is 7.03. The van der Waals surface area contributed by atoms with Crippen LogP contribution in [0.1, 0.15) is 58.3 Å². The van der Waals surface area contributed by atoms with Crippen LogP contribution < -0.4 is 10.6 Å². The topological polar surface area (TPSA) is 75.3 Å². The second-order valence-corrected chi connectivity index (χ2v) is 4.77. The van der Waals surface area contributed by atoms with Gasteiger partial charge in [0.15, 0.2) is 0 Å². The number of ketones is 1. The average molecular weight is 270 g/mol. The molecule has 0 atom stereocenters. The first kappa shape index (κ1) is 17.6. The summed E-state index contributed by atoms with van der Waals surface area (Å²) in [6, 6.07) is 0. The van der Waals surface area contributed by atoms with Gasteiger partial charge in [0, 0.05) is 19.9 Å². The minimum absolute atomic E-state index is 0.0559. The third kappa shape index (κ3) is 12.9. The molecule has 2 amide bonds.